The maximum atomic E-state index is 12.0. The molecule has 0 fully saturated rings. The molecular weight excluding hydrogens is 361 g/mol. The number of amides is 1. The second-order valence-electron chi connectivity index (χ2n) is 5.65. The first kappa shape index (κ1) is 19.3. The van der Waals surface area contributed by atoms with Crippen molar-refractivity contribution in [3.8, 4) is 0 Å². The number of esters is 1. The quantitative estimate of drug-likeness (QED) is 0.692. The molecular formula is C19H19Cl2NO3. The minimum Gasteiger partial charge on any atom is -0.452 e. The average molecular weight is 380 g/mol. The van der Waals surface area contributed by atoms with E-state index in [1.807, 2.05) is 24.3 Å². The second-order valence-corrected chi connectivity index (χ2v) is 6.47. The first-order valence-corrected chi connectivity index (χ1v) is 8.69. The molecule has 1 atom stereocenters. The molecule has 0 spiro atoms. The minimum absolute atomic E-state index is 0.0524. The van der Waals surface area contributed by atoms with E-state index in [4.69, 9.17) is 27.9 Å². The molecule has 0 heterocycles. The van der Waals surface area contributed by atoms with Crippen LogP contribution in [0.1, 0.15) is 42.1 Å². The molecule has 2 aromatic carbocycles. The van der Waals surface area contributed by atoms with Crippen LogP contribution in [-0.2, 0) is 9.53 Å². The first-order valence-electron chi connectivity index (χ1n) is 7.93. The number of ether oxygens (including phenoxy) is 1. The van der Waals surface area contributed by atoms with Crippen molar-refractivity contribution in [1.82, 2.24) is 0 Å². The summed E-state index contributed by atoms with van der Waals surface area (Å²) in [7, 11) is 0. The minimum atomic E-state index is -0.738. The highest BCUT2D eigenvalue weighted by Gasteiger charge is 2.17. The van der Waals surface area contributed by atoms with E-state index < -0.39 is 18.5 Å². The van der Waals surface area contributed by atoms with Crippen LogP contribution in [0.4, 0.5) is 5.69 Å². The zero-order valence-corrected chi connectivity index (χ0v) is 15.5. The third-order valence-electron chi connectivity index (χ3n) is 3.88. The predicted octanol–water partition coefficient (Wildman–Crippen LogP) is 5.30. The Balaban J connectivity index is 1.91. The fraction of sp³-hybridized carbons (Fsp3) is 0.263. The van der Waals surface area contributed by atoms with Crippen LogP contribution in [0, 0.1) is 0 Å². The molecule has 0 unspecified atom stereocenters. The molecule has 0 aliphatic carbocycles. The van der Waals surface area contributed by atoms with Gasteiger partial charge in [-0.15, -0.1) is 0 Å². The summed E-state index contributed by atoms with van der Waals surface area (Å²) < 4.78 is 4.98. The summed E-state index contributed by atoms with van der Waals surface area (Å²) in [6.45, 7) is 3.85. The molecule has 1 N–H and O–H groups in total. The number of halogens is 2. The Morgan fingerprint density at radius 3 is 2.24 bits per heavy atom. The lowest BCUT2D eigenvalue weighted by Crippen LogP contribution is -2.21. The Morgan fingerprint density at radius 2 is 1.68 bits per heavy atom. The summed E-state index contributed by atoms with van der Waals surface area (Å²) in [6, 6.07) is 12.3. The standard InChI is InChI=1S/C19H19Cl2NO3/c1-3-12(2)13-7-9-14(10-8-13)22-17(23)11-25-19(24)18-15(20)5-4-6-16(18)21/h4-10,12H,3,11H2,1-2H3,(H,22,23)/t12-/m1/s1. The van der Waals surface area contributed by atoms with Crippen molar-refractivity contribution in [2.45, 2.75) is 26.2 Å². The third kappa shape index (κ3) is 5.21. The molecule has 0 saturated heterocycles. The van der Waals surface area contributed by atoms with E-state index in [2.05, 4.69) is 19.2 Å². The second kappa shape index (κ2) is 8.88. The molecule has 0 aromatic heterocycles. The number of benzene rings is 2. The molecule has 0 aliphatic heterocycles. The Kier molecular flexibility index (Phi) is 6.85. The normalized spacial score (nSPS) is 11.7. The number of hydrogen-bond acceptors (Lipinski definition) is 3. The molecule has 4 nitrogen and oxygen atoms in total. The van der Waals surface area contributed by atoms with Gasteiger partial charge in [0.15, 0.2) is 6.61 Å². The number of nitrogens with one attached hydrogen (secondary N) is 1. The van der Waals surface area contributed by atoms with Crippen molar-refractivity contribution in [2.75, 3.05) is 11.9 Å². The van der Waals surface area contributed by atoms with Gasteiger partial charge in [0.25, 0.3) is 5.91 Å². The van der Waals surface area contributed by atoms with Gasteiger partial charge < -0.3 is 10.1 Å². The number of hydrogen-bond donors (Lipinski definition) is 1. The van der Waals surface area contributed by atoms with Gasteiger partial charge in [0.05, 0.1) is 15.6 Å². The summed E-state index contributed by atoms with van der Waals surface area (Å²) in [5, 5.41) is 3.04. The highest BCUT2D eigenvalue weighted by Crippen LogP contribution is 2.25. The fourth-order valence-corrected chi connectivity index (χ4v) is 2.78. The Hall–Kier alpha value is -2.04. The zero-order valence-electron chi connectivity index (χ0n) is 14.0. The summed E-state index contributed by atoms with van der Waals surface area (Å²) >= 11 is 11.9. The van der Waals surface area contributed by atoms with E-state index in [0.29, 0.717) is 11.6 Å². The van der Waals surface area contributed by atoms with Crippen molar-refractivity contribution in [2.24, 2.45) is 0 Å². The summed E-state index contributed by atoms with van der Waals surface area (Å²) in [6.07, 6.45) is 1.05. The van der Waals surface area contributed by atoms with Gasteiger partial charge in [0.2, 0.25) is 0 Å². The third-order valence-corrected chi connectivity index (χ3v) is 4.51. The monoisotopic (exact) mass is 379 g/mol. The van der Waals surface area contributed by atoms with Crippen molar-refractivity contribution < 1.29 is 14.3 Å². The van der Waals surface area contributed by atoms with Crippen LogP contribution in [0.25, 0.3) is 0 Å². The summed E-state index contributed by atoms with van der Waals surface area (Å²) in [4.78, 5) is 24.0. The van der Waals surface area contributed by atoms with Gasteiger partial charge in [-0.25, -0.2) is 4.79 Å². The smallest absolute Gasteiger partial charge is 0.341 e. The van der Waals surface area contributed by atoms with Gasteiger partial charge >= 0.3 is 5.97 Å². The van der Waals surface area contributed by atoms with Crippen molar-refractivity contribution in [1.29, 1.82) is 0 Å². The van der Waals surface area contributed by atoms with E-state index in [0.717, 1.165) is 6.42 Å². The lowest BCUT2D eigenvalue weighted by molar-refractivity contribution is -0.119. The Bertz CT molecular complexity index is 740. The predicted molar refractivity (Wildman–Crippen MR) is 101 cm³/mol. The van der Waals surface area contributed by atoms with E-state index in [9.17, 15) is 9.59 Å². The van der Waals surface area contributed by atoms with Crippen molar-refractivity contribution in [3.05, 3.63) is 63.6 Å². The van der Waals surface area contributed by atoms with Gasteiger partial charge in [0, 0.05) is 5.69 Å². The molecule has 0 radical (unpaired) electrons. The Labute approximate surface area is 157 Å². The molecule has 2 rings (SSSR count). The molecule has 6 heteroatoms. The van der Waals surface area contributed by atoms with Crippen LogP contribution in [0.5, 0.6) is 0 Å². The van der Waals surface area contributed by atoms with Crippen molar-refractivity contribution in [3.63, 3.8) is 0 Å². The van der Waals surface area contributed by atoms with Crippen LogP contribution < -0.4 is 5.32 Å². The summed E-state index contributed by atoms with van der Waals surface area (Å²) in [5.41, 5.74) is 1.90. The molecule has 0 saturated carbocycles. The zero-order chi connectivity index (χ0) is 18.4. The maximum absolute atomic E-state index is 12.0. The lowest BCUT2D eigenvalue weighted by Gasteiger charge is -2.11. The first-order chi connectivity index (χ1) is 11.9. The van der Waals surface area contributed by atoms with Crippen LogP contribution in [0.15, 0.2) is 42.5 Å². The SMILES string of the molecule is CC[C@@H](C)c1ccc(NC(=O)COC(=O)c2c(Cl)cccc2Cl)cc1. The van der Waals surface area contributed by atoms with Crippen LogP contribution in [0.3, 0.4) is 0 Å². The lowest BCUT2D eigenvalue weighted by atomic mass is 9.99. The maximum Gasteiger partial charge on any atom is 0.341 e. The van der Waals surface area contributed by atoms with Gasteiger partial charge in [-0.05, 0) is 42.2 Å². The molecule has 1 amide bonds. The van der Waals surface area contributed by atoms with Gasteiger partial charge in [-0.1, -0.05) is 55.2 Å². The van der Waals surface area contributed by atoms with Gasteiger partial charge in [0.1, 0.15) is 0 Å². The van der Waals surface area contributed by atoms with Gasteiger partial charge in [-0.2, -0.15) is 0 Å². The van der Waals surface area contributed by atoms with Crippen molar-refractivity contribution >= 4 is 40.8 Å². The molecule has 132 valence electrons. The van der Waals surface area contributed by atoms with E-state index >= 15 is 0 Å². The molecule has 2 aromatic rings. The largest absolute Gasteiger partial charge is 0.452 e. The number of carbonyl (C=O) groups excluding carboxylic acids is 2. The van der Waals surface area contributed by atoms with E-state index in [1.54, 1.807) is 6.07 Å². The highest BCUT2D eigenvalue weighted by molar-refractivity contribution is 6.39. The highest BCUT2D eigenvalue weighted by atomic mass is 35.5. The van der Waals surface area contributed by atoms with Crippen LogP contribution >= 0.6 is 23.2 Å². The van der Waals surface area contributed by atoms with Crippen LogP contribution in [-0.4, -0.2) is 18.5 Å². The molecule has 0 aliphatic rings. The van der Waals surface area contributed by atoms with E-state index in [-0.39, 0.29) is 15.6 Å². The number of carbonyl (C=O) groups is 2. The molecule has 25 heavy (non-hydrogen) atoms. The fourth-order valence-electron chi connectivity index (χ4n) is 2.22. The van der Waals surface area contributed by atoms with Gasteiger partial charge in [-0.3, -0.25) is 4.79 Å². The summed E-state index contributed by atoms with van der Waals surface area (Å²) in [5.74, 6) is -0.711. The Morgan fingerprint density at radius 1 is 1.08 bits per heavy atom. The number of rotatable bonds is 6. The van der Waals surface area contributed by atoms with E-state index in [1.165, 1.54) is 17.7 Å². The number of anilines is 1. The topological polar surface area (TPSA) is 55.4 Å². The molecule has 0 bridgehead atoms. The average Bonchev–Trinajstić information content (AvgIpc) is 2.60. The van der Waals surface area contributed by atoms with Crippen LogP contribution in [0.2, 0.25) is 10.0 Å².